The van der Waals surface area contributed by atoms with Gasteiger partial charge in [-0.1, -0.05) is 13.0 Å². The third kappa shape index (κ3) is 4.79. The summed E-state index contributed by atoms with van der Waals surface area (Å²) in [6, 6.07) is 12.3. The van der Waals surface area contributed by atoms with Crippen LogP contribution in [0.25, 0.3) is 0 Å². The van der Waals surface area contributed by atoms with E-state index in [0.29, 0.717) is 24.7 Å². The van der Waals surface area contributed by atoms with Gasteiger partial charge in [0, 0.05) is 25.2 Å². The topological polar surface area (TPSA) is 90.9 Å². The molecule has 2 aromatic rings. The zero-order valence-corrected chi connectivity index (χ0v) is 16.4. The number of nitrogens with zero attached hydrogens (tertiary/aromatic N) is 2. The van der Waals surface area contributed by atoms with Gasteiger partial charge in [0.25, 0.3) is 5.69 Å². The van der Waals surface area contributed by atoms with E-state index in [1.54, 1.807) is 19.2 Å². The van der Waals surface area contributed by atoms with Gasteiger partial charge in [-0.05, 0) is 60.3 Å². The molecule has 1 fully saturated rings. The van der Waals surface area contributed by atoms with Crippen LogP contribution in [0.15, 0.2) is 42.5 Å². The average molecular weight is 385 g/mol. The van der Waals surface area contributed by atoms with E-state index < -0.39 is 4.92 Å². The van der Waals surface area contributed by atoms with Gasteiger partial charge in [0.05, 0.1) is 12.0 Å². The molecular formula is C21H27N3O4. The van der Waals surface area contributed by atoms with Gasteiger partial charge in [0.15, 0.2) is 11.5 Å². The van der Waals surface area contributed by atoms with Gasteiger partial charge in [0.2, 0.25) is 0 Å². The molecule has 0 saturated carbocycles. The third-order valence-electron chi connectivity index (χ3n) is 5.31. The van der Waals surface area contributed by atoms with Crippen molar-refractivity contribution >= 4 is 5.69 Å². The highest BCUT2D eigenvalue weighted by molar-refractivity contribution is 5.43. The number of methoxy groups -OCH3 is 1. The molecule has 150 valence electrons. The highest BCUT2D eigenvalue weighted by Gasteiger charge is 2.32. The van der Waals surface area contributed by atoms with Gasteiger partial charge in [-0.25, -0.2) is 0 Å². The molecule has 0 aromatic heterocycles. The second-order valence-corrected chi connectivity index (χ2v) is 7.67. The van der Waals surface area contributed by atoms with Crippen LogP contribution >= 0.6 is 0 Å². The van der Waals surface area contributed by atoms with Crippen molar-refractivity contribution in [3.63, 3.8) is 0 Å². The predicted molar refractivity (Wildman–Crippen MR) is 107 cm³/mol. The maximum absolute atomic E-state index is 10.8. The van der Waals surface area contributed by atoms with Crippen LogP contribution in [0.1, 0.15) is 24.5 Å². The van der Waals surface area contributed by atoms with Crippen LogP contribution in [0.5, 0.6) is 11.5 Å². The number of nitro groups is 1. The molecule has 1 unspecified atom stereocenters. The molecule has 0 radical (unpaired) electrons. The first-order valence-corrected chi connectivity index (χ1v) is 9.38. The molecule has 0 aliphatic carbocycles. The second-order valence-electron chi connectivity index (χ2n) is 7.67. The van der Waals surface area contributed by atoms with Crippen molar-refractivity contribution < 1.29 is 14.4 Å². The molecule has 1 aliphatic rings. The lowest BCUT2D eigenvalue weighted by atomic mass is 9.90. The van der Waals surface area contributed by atoms with E-state index in [4.69, 9.17) is 15.2 Å². The number of nitro benzene ring substituents is 1. The van der Waals surface area contributed by atoms with Gasteiger partial charge in [-0.15, -0.1) is 0 Å². The molecule has 7 heteroatoms. The van der Waals surface area contributed by atoms with Crippen molar-refractivity contribution in [2.45, 2.75) is 26.5 Å². The Balaban J connectivity index is 1.66. The average Bonchev–Trinajstić information content (AvgIpc) is 3.08. The summed E-state index contributed by atoms with van der Waals surface area (Å²) < 4.78 is 11.4. The van der Waals surface area contributed by atoms with E-state index >= 15 is 0 Å². The first-order chi connectivity index (χ1) is 13.4. The maximum atomic E-state index is 10.8. The molecule has 1 aliphatic heterocycles. The summed E-state index contributed by atoms with van der Waals surface area (Å²) >= 11 is 0. The fourth-order valence-electron chi connectivity index (χ4n) is 3.49. The summed E-state index contributed by atoms with van der Waals surface area (Å²) in [5, 5.41) is 10.8. The molecule has 2 aromatic carbocycles. The zero-order valence-electron chi connectivity index (χ0n) is 16.4. The van der Waals surface area contributed by atoms with Gasteiger partial charge in [-0.2, -0.15) is 0 Å². The highest BCUT2D eigenvalue weighted by atomic mass is 16.6. The number of hydrogen-bond acceptors (Lipinski definition) is 6. The van der Waals surface area contributed by atoms with Crippen LogP contribution in [0.3, 0.4) is 0 Å². The molecule has 7 nitrogen and oxygen atoms in total. The molecular weight excluding hydrogens is 358 g/mol. The minimum Gasteiger partial charge on any atom is -0.493 e. The SMILES string of the molecule is COc1ccc(CN2CCC(C)(CN)C2)cc1OCc1ccc([N+](=O)[O-])cc1. The van der Waals surface area contributed by atoms with Crippen LogP contribution in [-0.4, -0.2) is 36.6 Å². The molecule has 0 spiro atoms. The number of ether oxygens (including phenoxy) is 2. The fourth-order valence-corrected chi connectivity index (χ4v) is 3.49. The molecule has 1 atom stereocenters. The zero-order chi connectivity index (χ0) is 20.1. The molecule has 28 heavy (non-hydrogen) atoms. The van der Waals surface area contributed by atoms with Crippen LogP contribution in [0, 0.1) is 15.5 Å². The molecule has 0 amide bonds. The summed E-state index contributed by atoms with van der Waals surface area (Å²) in [4.78, 5) is 12.8. The third-order valence-corrected chi connectivity index (χ3v) is 5.31. The van der Waals surface area contributed by atoms with Gasteiger partial charge < -0.3 is 15.2 Å². The van der Waals surface area contributed by atoms with E-state index in [-0.39, 0.29) is 11.1 Å². The number of likely N-dealkylation sites (tertiary alicyclic amines) is 1. The van der Waals surface area contributed by atoms with E-state index in [9.17, 15) is 10.1 Å². The summed E-state index contributed by atoms with van der Waals surface area (Å²) in [5.74, 6) is 1.33. The smallest absolute Gasteiger partial charge is 0.269 e. The second kappa shape index (κ2) is 8.58. The summed E-state index contributed by atoms with van der Waals surface area (Å²) in [7, 11) is 1.61. The first-order valence-electron chi connectivity index (χ1n) is 9.38. The largest absolute Gasteiger partial charge is 0.493 e. The lowest BCUT2D eigenvalue weighted by molar-refractivity contribution is -0.384. The fraction of sp³-hybridized carbons (Fsp3) is 0.429. The van der Waals surface area contributed by atoms with Crippen molar-refractivity contribution in [3.8, 4) is 11.5 Å². The summed E-state index contributed by atoms with van der Waals surface area (Å²) in [6.07, 6.45) is 1.11. The molecule has 3 rings (SSSR count). The standard InChI is InChI=1S/C21H27N3O4/c1-21(14-22)9-10-23(15-21)12-17-5-8-19(27-2)20(11-17)28-13-16-3-6-18(7-4-16)24(25)26/h3-8,11H,9-10,12-15,22H2,1-2H3. The van der Waals surface area contributed by atoms with Crippen molar-refractivity contribution in [1.82, 2.24) is 4.90 Å². The monoisotopic (exact) mass is 385 g/mol. The van der Waals surface area contributed by atoms with Gasteiger partial charge >= 0.3 is 0 Å². The van der Waals surface area contributed by atoms with Crippen molar-refractivity contribution in [3.05, 3.63) is 63.7 Å². The van der Waals surface area contributed by atoms with Crippen LogP contribution < -0.4 is 15.2 Å². The lowest BCUT2D eigenvalue weighted by Gasteiger charge is -2.23. The van der Waals surface area contributed by atoms with E-state index in [1.807, 2.05) is 12.1 Å². The predicted octanol–water partition coefficient (Wildman–Crippen LogP) is 3.35. The Bertz CT molecular complexity index is 825. The van der Waals surface area contributed by atoms with E-state index in [1.165, 1.54) is 12.1 Å². The Labute approximate surface area is 165 Å². The molecule has 1 heterocycles. The van der Waals surface area contributed by atoms with E-state index in [0.717, 1.165) is 37.2 Å². The summed E-state index contributed by atoms with van der Waals surface area (Å²) in [6.45, 7) is 6.13. The van der Waals surface area contributed by atoms with Crippen molar-refractivity contribution in [2.24, 2.45) is 11.1 Å². The minimum atomic E-state index is -0.412. The van der Waals surface area contributed by atoms with E-state index in [2.05, 4.69) is 17.9 Å². The Hall–Kier alpha value is -2.64. The van der Waals surface area contributed by atoms with Crippen molar-refractivity contribution in [2.75, 3.05) is 26.7 Å². The minimum absolute atomic E-state index is 0.0680. The Morgan fingerprint density at radius 1 is 1.18 bits per heavy atom. The summed E-state index contributed by atoms with van der Waals surface area (Å²) in [5.41, 5.74) is 8.18. The lowest BCUT2D eigenvalue weighted by Crippen LogP contribution is -2.31. The van der Waals surface area contributed by atoms with Crippen molar-refractivity contribution in [1.29, 1.82) is 0 Å². The molecule has 2 N–H and O–H groups in total. The Kier molecular flexibility index (Phi) is 6.16. The number of rotatable bonds is 8. The molecule has 1 saturated heterocycles. The number of nitrogens with two attached hydrogens (primary N) is 1. The number of benzene rings is 2. The van der Waals surface area contributed by atoms with Crippen LogP contribution in [-0.2, 0) is 13.2 Å². The quantitative estimate of drug-likeness (QED) is 0.553. The number of non-ortho nitro benzene ring substituents is 1. The first kappa shape index (κ1) is 20.1. The normalized spacial score (nSPS) is 19.5. The van der Waals surface area contributed by atoms with Crippen LogP contribution in [0.4, 0.5) is 5.69 Å². The van der Waals surface area contributed by atoms with Gasteiger partial charge in [0.1, 0.15) is 6.61 Å². The highest BCUT2D eigenvalue weighted by Crippen LogP contribution is 2.32. The van der Waals surface area contributed by atoms with Gasteiger partial charge in [-0.3, -0.25) is 15.0 Å². The Morgan fingerprint density at radius 2 is 1.89 bits per heavy atom. The number of hydrogen-bond donors (Lipinski definition) is 1. The Morgan fingerprint density at radius 3 is 2.50 bits per heavy atom. The van der Waals surface area contributed by atoms with Crippen LogP contribution in [0.2, 0.25) is 0 Å². The maximum Gasteiger partial charge on any atom is 0.269 e. The molecule has 0 bridgehead atoms.